The largest absolute Gasteiger partial charge is 0.537 e. The van der Waals surface area contributed by atoms with Gasteiger partial charge in [0.2, 0.25) is 0 Å². The van der Waals surface area contributed by atoms with Gasteiger partial charge in [0.05, 0.1) is 0 Å². The minimum atomic E-state index is -2.73. The van der Waals surface area contributed by atoms with Crippen molar-refractivity contribution in [3.8, 4) is 0 Å². The van der Waals surface area contributed by atoms with Gasteiger partial charge >= 0.3 is 8.80 Å². The average Bonchev–Trinajstić information content (AvgIpc) is 2.31. The molecule has 0 aromatic heterocycles. The SMILES string of the molecule is CCO[Si](OCC)(OCC)c1[c]cccc1. The zero-order chi connectivity index (χ0) is 11.9. The molecule has 4 heteroatoms. The van der Waals surface area contributed by atoms with E-state index in [2.05, 4.69) is 6.07 Å². The van der Waals surface area contributed by atoms with E-state index in [0.717, 1.165) is 5.19 Å². The van der Waals surface area contributed by atoms with Crippen molar-refractivity contribution >= 4 is 14.0 Å². The first-order valence-corrected chi connectivity index (χ1v) is 7.40. The Hall–Kier alpha value is -0.683. The Bertz CT molecular complexity index is 273. The summed E-state index contributed by atoms with van der Waals surface area (Å²) in [7, 11) is -2.73. The molecular formula is C12H19O3Si. The lowest BCUT2D eigenvalue weighted by Crippen LogP contribution is -2.57. The molecule has 1 radical (unpaired) electrons. The zero-order valence-electron chi connectivity index (χ0n) is 10.2. The maximum Gasteiger partial charge on any atom is 0.537 e. The molecule has 0 atom stereocenters. The predicted molar refractivity (Wildman–Crippen MR) is 65.5 cm³/mol. The van der Waals surface area contributed by atoms with Gasteiger partial charge in [-0.1, -0.05) is 24.3 Å². The molecule has 1 rings (SSSR count). The van der Waals surface area contributed by atoms with E-state index in [1.54, 1.807) is 0 Å². The fourth-order valence-corrected chi connectivity index (χ4v) is 3.93. The van der Waals surface area contributed by atoms with Crippen LogP contribution in [-0.4, -0.2) is 28.6 Å². The molecule has 16 heavy (non-hydrogen) atoms. The molecule has 0 bridgehead atoms. The van der Waals surface area contributed by atoms with Crippen molar-refractivity contribution in [2.24, 2.45) is 0 Å². The van der Waals surface area contributed by atoms with Crippen LogP contribution in [0.15, 0.2) is 24.3 Å². The minimum absolute atomic E-state index is 0.578. The van der Waals surface area contributed by atoms with Crippen molar-refractivity contribution in [2.45, 2.75) is 20.8 Å². The summed E-state index contributed by atoms with van der Waals surface area (Å²) >= 11 is 0. The smallest absolute Gasteiger partial charge is 0.370 e. The lowest BCUT2D eigenvalue weighted by molar-refractivity contribution is 0.0858. The van der Waals surface area contributed by atoms with Crippen LogP contribution in [0.3, 0.4) is 0 Å². The molecule has 0 aliphatic carbocycles. The standard InChI is InChI=1S/C12H19O3Si/c1-4-13-16(14-5-2,15-6-3)12-10-8-7-9-11-12/h7-10H,4-6H2,1-3H3. The van der Waals surface area contributed by atoms with E-state index >= 15 is 0 Å². The quantitative estimate of drug-likeness (QED) is 0.678. The average molecular weight is 239 g/mol. The van der Waals surface area contributed by atoms with Gasteiger partial charge in [0.1, 0.15) is 0 Å². The molecule has 89 valence electrons. The van der Waals surface area contributed by atoms with Crippen LogP contribution in [0.4, 0.5) is 0 Å². The van der Waals surface area contributed by atoms with E-state index in [1.807, 2.05) is 45.0 Å². The van der Waals surface area contributed by atoms with Crippen molar-refractivity contribution in [2.75, 3.05) is 19.8 Å². The fourth-order valence-electron chi connectivity index (χ4n) is 1.51. The third-order valence-electron chi connectivity index (χ3n) is 2.04. The highest BCUT2D eigenvalue weighted by Crippen LogP contribution is 2.10. The molecule has 0 aliphatic heterocycles. The van der Waals surface area contributed by atoms with Crippen molar-refractivity contribution in [3.63, 3.8) is 0 Å². The summed E-state index contributed by atoms with van der Waals surface area (Å²) in [6.07, 6.45) is 0. The van der Waals surface area contributed by atoms with Gasteiger partial charge in [0.25, 0.3) is 0 Å². The van der Waals surface area contributed by atoms with E-state index in [9.17, 15) is 0 Å². The topological polar surface area (TPSA) is 27.7 Å². The van der Waals surface area contributed by atoms with Gasteiger partial charge in [-0.05, 0) is 26.8 Å². The maximum atomic E-state index is 5.76. The summed E-state index contributed by atoms with van der Waals surface area (Å²) in [5, 5.41) is 0.903. The maximum absolute atomic E-state index is 5.76. The Morgan fingerprint density at radius 2 is 1.56 bits per heavy atom. The second kappa shape index (κ2) is 6.80. The van der Waals surface area contributed by atoms with Crippen molar-refractivity contribution in [1.29, 1.82) is 0 Å². The Labute approximate surface area is 98.7 Å². The lowest BCUT2D eigenvalue weighted by atomic mass is 10.4. The molecule has 0 unspecified atom stereocenters. The number of benzene rings is 1. The fraction of sp³-hybridized carbons (Fsp3) is 0.500. The summed E-state index contributed by atoms with van der Waals surface area (Å²) in [4.78, 5) is 0. The van der Waals surface area contributed by atoms with Crippen molar-refractivity contribution in [3.05, 3.63) is 30.3 Å². The van der Waals surface area contributed by atoms with Gasteiger partial charge in [-0.2, -0.15) is 0 Å². The Balaban J connectivity index is 2.99. The Morgan fingerprint density at radius 1 is 1.00 bits per heavy atom. The van der Waals surface area contributed by atoms with Crippen molar-refractivity contribution < 1.29 is 13.3 Å². The van der Waals surface area contributed by atoms with Crippen LogP contribution in [0, 0.1) is 6.07 Å². The molecule has 0 spiro atoms. The van der Waals surface area contributed by atoms with Crippen LogP contribution in [0.2, 0.25) is 0 Å². The third-order valence-corrected chi connectivity index (χ3v) is 5.02. The first-order chi connectivity index (χ1) is 7.79. The second-order valence-electron chi connectivity index (χ2n) is 3.13. The molecule has 3 nitrogen and oxygen atoms in total. The molecule has 0 saturated heterocycles. The third kappa shape index (κ3) is 3.15. The highest BCUT2D eigenvalue weighted by molar-refractivity contribution is 6.75. The molecule has 0 fully saturated rings. The lowest BCUT2D eigenvalue weighted by Gasteiger charge is -2.28. The molecule has 0 heterocycles. The molecule has 0 saturated carbocycles. The number of hydrogen-bond donors (Lipinski definition) is 0. The molecule has 1 aromatic rings. The van der Waals surface area contributed by atoms with E-state index < -0.39 is 8.80 Å². The van der Waals surface area contributed by atoms with Gasteiger partial charge in [-0.25, -0.2) is 0 Å². The first-order valence-electron chi connectivity index (χ1n) is 5.68. The monoisotopic (exact) mass is 239 g/mol. The molecule has 1 aromatic carbocycles. The van der Waals surface area contributed by atoms with E-state index in [1.165, 1.54) is 0 Å². The summed E-state index contributed by atoms with van der Waals surface area (Å²) < 4.78 is 17.3. The van der Waals surface area contributed by atoms with Gasteiger partial charge in [0, 0.05) is 25.0 Å². The predicted octanol–water partition coefficient (Wildman–Crippen LogP) is 1.74. The van der Waals surface area contributed by atoms with E-state index in [0.29, 0.717) is 19.8 Å². The summed E-state index contributed by atoms with van der Waals surface area (Å²) in [6, 6.07) is 10.8. The molecule has 0 N–H and O–H groups in total. The Kier molecular flexibility index (Phi) is 5.69. The van der Waals surface area contributed by atoms with Crippen LogP contribution in [0.25, 0.3) is 0 Å². The Morgan fingerprint density at radius 3 is 1.94 bits per heavy atom. The van der Waals surface area contributed by atoms with Crippen LogP contribution in [0.1, 0.15) is 20.8 Å². The summed E-state index contributed by atoms with van der Waals surface area (Å²) in [5.41, 5.74) is 0. The molecule has 0 amide bonds. The highest BCUT2D eigenvalue weighted by Gasteiger charge is 2.43. The van der Waals surface area contributed by atoms with Gasteiger partial charge in [0.15, 0.2) is 0 Å². The van der Waals surface area contributed by atoms with E-state index in [4.69, 9.17) is 13.3 Å². The summed E-state index contributed by atoms with van der Waals surface area (Å²) in [5.74, 6) is 0. The summed E-state index contributed by atoms with van der Waals surface area (Å²) in [6.45, 7) is 7.58. The van der Waals surface area contributed by atoms with Crippen LogP contribution in [-0.2, 0) is 13.3 Å². The number of hydrogen-bond acceptors (Lipinski definition) is 3. The van der Waals surface area contributed by atoms with Gasteiger partial charge < -0.3 is 13.3 Å². The van der Waals surface area contributed by atoms with Crippen molar-refractivity contribution in [1.82, 2.24) is 0 Å². The van der Waals surface area contributed by atoms with Crippen LogP contribution < -0.4 is 5.19 Å². The molecule has 0 aliphatic rings. The van der Waals surface area contributed by atoms with Crippen LogP contribution >= 0.6 is 0 Å². The normalized spacial score (nSPS) is 11.7. The minimum Gasteiger partial charge on any atom is -0.370 e. The van der Waals surface area contributed by atoms with Gasteiger partial charge in [-0.15, -0.1) is 0 Å². The zero-order valence-corrected chi connectivity index (χ0v) is 11.2. The van der Waals surface area contributed by atoms with E-state index in [-0.39, 0.29) is 0 Å². The van der Waals surface area contributed by atoms with Gasteiger partial charge in [-0.3, -0.25) is 0 Å². The number of rotatable bonds is 7. The molecular weight excluding hydrogens is 220 g/mol. The van der Waals surface area contributed by atoms with Crippen LogP contribution in [0.5, 0.6) is 0 Å². The second-order valence-corrected chi connectivity index (χ2v) is 5.65. The highest BCUT2D eigenvalue weighted by atomic mass is 28.4. The first kappa shape index (κ1) is 13.4.